The van der Waals surface area contributed by atoms with Gasteiger partial charge in [-0.15, -0.1) is 0 Å². The molecule has 0 bridgehead atoms. The minimum absolute atomic E-state index is 0.354. The van der Waals surface area contributed by atoms with Crippen LogP contribution in [0.25, 0.3) is 0 Å². The predicted molar refractivity (Wildman–Crippen MR) is 83.6 cm³/mol. The second-order valence-electron chi connectivity index (χ2n) is 4.49. The van der Waals surface area contributed by atoms with E-state index < -0.39 is 0 Å². The molecule has 1 aromatic carbocycles. The Morgan fingerprint density at radius 3 is 2.74 bits per heavy atom. The summed E-state index contributed by atoms with van der Waals surface area (Å²) in [6.45, 7) is 0. The van der Waals surface area contributed by atoms with Gasteiger partial charge in [0, 0.05) is 33.8 Å². The number of halogens is 2. The van der Waals surface area contributed by atoms with E-state index >= 15 is 0 Å². The minimum Gasteiger partial charge on any atom is -0.316 e. The normalized spacial score (nSPS) is 12.4. The summed E-state index contributed by atoms with van der Waals surface area (Å²) >= 11 is 9.41. The molecule has 1 aromatic heterocycles. The fourth-order valence-corrected chi connectivity index (χ4v) is 2.45. The molecule has 2 nitrogen and oxygen atoms in total. The third kappa shape index (κ3) is 4.60. The highest BCUT2D eigenvalue weighted by Crippen LogP contribution is 2.14. The van der Waals surface area contributed by atoms with Gasteiger partial charge in [-0.1, -0.05) is 23.7 Å². The Kier molecular flexibility index (Phi) is 5.37. The lowest BCUT2D eigenvalue weighted by atomic mass is 10.0. The number of benzene rings is 1. The van der Waals surface area contributed by atoms with Crippen LogP contribution < -0.4 is 5.32 Å². The highest BCUT2D eigenvalue weighted by atomic mass is 79.9. The zero-order chi connectivity index (χ0) is 13.7. The van der Waals surface area contributed by atoms with Crippen molar-refractivity contribution in [3.8, 4) is 0 Å². The molecule has 4 heteroatoms. The number of nitrogens with zero attached hydrogens (tertiary/aromatic N) is 1. The zero-order valence-corrected chi connectivity index (χ0v) is 13.1. The Hall–Kier alpha value is -0.900. The summed E-state index contributed by atoms with van der Waals surface area (Å²) in [6.07, 6.45) is 3.67. The van der Waals surface area contributed by atoms with Crippen LogP contribution in [0.2, 0.25) is 5.02 Å². The molecule has 0 spiro atoms. The Labute approximate surface area is 127 Å². The topological polar surface area (TPSA) is 24.9 Å². The molecule has 0 aliphatic carbocycles. The van der Waals surface area contributed by atoms with Gasteiger partial charge in [-0.2, -0.15) is 0 Å². The Bertz CT molecular complexity index is 528. The minimum atomic E-state index is 0.354. The summed E-state index contributed by atoms with van der Waals surface area (Å²) in [7, 11) is 1.98. The average Bonchev–Trinajstić information content (AvgIpc) is 2.40. The second-order valence-corrected chi connectivity index (χ2v) is 5.84. The first-order valence-corrected chi connectivity index (χ1v) is 7.36. The molecule has 0 radical (unpaired) electrons. The monoisotopic (exact) mass is 338 g/mol. The van der Waals surface area contributed by atoms with Crippen molar-refractivity contribution >= 4 is 27.5 Å². The quantitative estimate of drug-likeness (QED) is 0.894. The number of pyridine rings is 1. The third-order valence-electron chi connectivity index (χ3n) is 3.02. The number of rotatable bonds is 5. The summed E-state index contributed by atoms with van der Waals surface area (Å²) in [5, 5.41) is 4.12. The van der Waals surface area contributed by atoms with Crippen molar-refractivity contribution in [2.24, 2.45) is 0 Å². The van der Waals surface area contributed by atoms with E-state index in [1.807, 2.05) is 43.6 Å². The number of likely N-dealkylation sites (N-methyl/N-ethyl adjacent to an activating group) is 1. The van der Waals surface area contributed by atoms with E-state index in [0.717, 1.165) is 28.0 Å². The molecule has 0 saturated heterocycles. The van der Waals surface area contributed by atoms with Crippen LogP contribution in [-0.4, -0.2) is 18.1 Å². The Morgan fingerprint density at radius 2 is 2.11 bits per heavy atom. The van der Waals surface area contributed by atoms with Crippen molar-refractivity contribution in [2.75, 3.05) is 7.05 Å². The second kappa shape index (κ2) is 7.04. The van der Waals surface area contributed by atoms with Crippen LogP contribution in [0.3, 0.4) is 0 Å². The lowest BCUT2D eigenvalue weighted by Gasteiger charge is -2.16. The summed E-state index contributed by atoms with van der Waals surface area (Å²) < 4.78 is 1.01. The fraction of sp³-hybridized carbons (Fsp3) is 0.267. The highest BCUT2D eigenvalue weighted by molar-refractivity contribution is 9.10. The highest BCUT2D eigenvalue weighted by Gasteiger charge is 2.09. The standard InChI is InChI=1S/C15H16BrClN2/c1-18-15(8-11-3-2-4-13(17)7-11)9-14-6-5-12(16)10-19-14/h2-7,10,15,18H,8-9H2,1H3. The number of aromatic nitrogens is 1. The van der Waals surface area contributed by atoms with Crippen LogP contribution in [0.5, 0.6) is 0 Å². The summed E-state index contributed by atoms with van der Waals surface area (Å²) in [5.41, 5.74) is 2.33. The summed E-state index contributed by atoms with van der Waals surface area (Å²) in [4.78, 5) is 4.41. The van der Waals surface area contributed by atoms with Crippen molar-refractivity contribution < 1.29 is 0 Å². The van der Waals surface area contributed by atoms with Crippen molar-refractivity contribution in [1.29, 1.82) is 0 Å². The van der Waals surface area contributed by atoms with Crippen molar-refractivity contribution in [1.82, 2.24) is 10.3 Å². The molecule has 0 aliphatic rings. The fourth-order valence-electron chi connectivity index (χ4n) is 2.00. The van der Waals surface area contributed by atoms with E-state index in [2.05, 4.69) is 32.3 Å². The van der Waals surface area contributed by atoms with Gasteiger partial charge in [0.15, 0.2) is 0 Å². The smallest absolute Gasteiger partial charge is 0.0420 e. The first-order valence-electron chi connectivity index (χ1n) is 6.19. The van der Waals surface area contributed by atoms with Crippen molar-refractivity contribution in [3.63, 3.8) is 0 Å². The van der Waals surface area contributed by atoms with E-state index in [1.54, 1.807) is 0 Å². The molecule has 0 aliphatic heterocycles. The molecule has 2 rings (SSSR count). The van der Waals surface area contributed by atoms with Gasteiger partial charge in [0.05, 0.1) is 0 Å². The first kappa shape index (κ1) is 14.5. The van der Waals surface area contributed by atoms with Crippen molar-refractivity contribution in [2.45, 2.75) is 18.9 Å². The third-order valence-corrected chi connectivity index (χ3v) is 3.73. The maximum atomic E-state index is 6.01. The molecule has 0 amide bonds. The maximum Gasteiger partial charge on any atom is 0.0420 e. The van der Waals surface area contributed by atoms with Crippen LogP contribution in [-0.2, 0) is 12.8 Å². The van der Waals surface area contributed by atoms with E-state index in [9.17, 15) is 0 Å². The van der Waals surface area contributed by atoms with Gasteiger partial charge in [-0.05, 0) is 59.2 Å². The van der Waals surface area contributed by atoms with Crippen LogP contribution in [0.1, 0.15) is 11.3 Å². The van der Waals surface area contributed by atoms with Gasteiger partial charge in [0.1, 0.15) is 0 Å². The Balaban J connectivity index is 2.02. The van der Waals surface area contributed by atoms with Crippen molar-refractivity contribution in [3.05, 3.63) is 63.3 Å². The summed E-state index contributed by atoms with van der Waals surface area (Å²) in [6, 6.07) is 12.4. The lowest BCUT2D eigenvalue weighted by Crippen LogP contribution is -2.30. The SMILES string of the molecule is CNC(Cc1cccc(Cl)c1)Cc1ccc(Br)cn1. The molecule has 1 heterocycles. The van der Waals surface area contributed by atoms with E-state index in [0.29, 0.717) is 6.04 Å². The zero-order valence-electron chi connectivity index (χ0n) is 10.7. The number of nitrogens with one attached hydrogen (secondary N) is 1. The largest absolute Gasteiger partial charge is 0.316 e. The Morgan fingerprint density at radius 1 is 1.26 bits per heavy atom. The van der Waals surface area contributed by atoms with E-state index in [1.165, 1.54) is 5.56 Å². The van der Waals surface area contributed by atoms with Crippen LogP contribution >= 0.6 is 27.5 Å². The number of hydrogen-bond acceptors (Lipinski definition) is 2. The van der Waals surface area contributed by atoms with Gasteiger partial charge in [-0.25, -0.2) is 0 Å². The molecule has 2 aromatic rings. The van der Waals surface area contributed by atoms with Gasteiger partial charge in [0.25, 0.3) is 0 Å². The molecule has 1 unspecified atom stereocenters. The van der Waals surface area contributed by atoms with Gasteiger partial charge in [0.2, 0.25) is 0 Å². The van der Waals surface area contributed by atoms with Gasteiger partial charge in [-0.3, -0.25) is 4.98 Å². The molecule has 0 saturated carbocycles. The van der Waals surface area contributed by atoms with Crippen LogP contribution in [0.4, 0.5) is 0 Å². The molecular formula is C15H16BrClN2. The molecule has 1 atom stereocenters. The summed E-state index contributed by atoms with van der Waals surface area (Å²) in [5.74, 6) is 0. The molecule has 0 fully saturated rings. The molecule has 19 heavy (non-hydrogen) atoms. The number of hydrogen-bond donors (Lipinski definition) is 1. The molecule has 100 valence electrons. The molecule has 1 N–H and O–H groups in total. The van der Waals surface area contributed by atoms with E-state index in [-0.39, 0.29) is 0 Å². The van der Waals surface area contributed by atoms with Gasteiger partial charge < -0.3 is 5.32 Å². The molecular weight excluding hydrogens is 324 g/mol. The van der Waals surface area contributed by atoms with Crippen LogP contribution in [0.15, 0.2) is 47.1 Å². The predicted octanol–water partition coefficient (Wildman–Crippen LogP) is 3.87. The van der Waals surface area contributed by atoms with Crippen LogP contribution in [0, 0.1) is 0 Å². The average molecular weight is 340 g/mol. The first-order chi connectivity index (χ1) is 9.17. The van der Waals surface area contributed by atoms with Gasteiger partial charge >= 0.3 is 0 Å². The van der Waals surface area contributed by atoms with E-state index in [4.69, 9.17) is 11.6 Å². The maximum absolute atomic E-state index is 6.01. The lowest BCUT2D eigenvalue weighted by molar-refractivity contribution is 0.550.